The molecule has 0 saturated carbocycles. The summed E-state index contributed by atoms with van der Waals surface area (Å²) < 4.78 is 0. The number of dihydropyridines is 1. The van der Waals surface area contributed by atoms with E-state index in [1.54, 1.807) is 0 Å². The fourth-order valence-electron chi connectivity index (χ4n) is 5.14. The molecule has 5 aromatic rings. The SMILES string of the molecule is CC1C=CC=C/C1=C1\C=CC(c2cc(-c3ccc4ccccc4n3)nc(-c3ccc4ccccc4n3)c2)=CN1. The van der Waals surface area contributed by atoms with Crippen molar-refractivity contribution in [3.8, 4) is 22.8 Å². The summed E-state index contributed by atoms with van der Waals surface area (Å²) in [7, 11) is 0. The summed E-state index contributed by atoms with van der Waals surface area (Å²) in [5.74, 6) is 0.370. The number of allylic oxidation sites excluding steroid dienone is 8. The van der Waals surface area contributed by atoms with Gasteiger partial charge in [0, 0.05) is 28.6 Å². The molecule has 2 aromatic carbocycles. The number of nitrogens with zero attached hydrogens (tertiary/aromatic N) is 3. The Bertz CT molecular complexity index is 1810. The van der Waals surface area contributed by atoms with Crippen molar-refractivity contribution >= 4 is 27.4 Å². The molecular formula is C35H26N4. The van der Waals surface area contributed by atoms with Crippen molar-refractivity contribution in [2.24, 2.45) is 5.92 Å². The van der Waals surface area contributed by atoms with Crippen molar-refractivity contribution < 1.29 is 0 Å². The number of fused-ring (bicyclic) bond motifs is 2. The summed E-state index contributed by atoms with van der Waals surface area (Å²) in [5.41, 5.74) is 9.73. The number of aromatic nitrogens is 3. The highest BCUT2D eigenvalue weighted by molar-refractivity contribution is 5.85. The molecule has 1 aliphatic heterocycles. The Morgan fingerprint density at radius 2 is 1.26 bits per heavy atom. The summed E-state index contributed by atoms with van der Waals surface area (Å²) in [6.45, 7) is 2.21. The standard InChI is InChI=1S/C35H26N4/c1-23-8-2-5-11-28(23)31-17-16-26(22-36-31)27-20-34(32-18-14-24-9-3-6-12-29(24)37-32)39-35(21-27)33-19-15-25-10-4-7-13-30(25)38-33/h2-23,36H,1H3/b31-28-. The molecule has 4 nitrogen and oxygen atoms in total. The van der Waals surface area contributed by atoms with Crippen molar-refractivity contribution in [1.29, 1.82) is 0 Å². The largest absolute Gasteiger partial charge is 0.361 e. The predicted octanol–water partition coefficient (Wildman–Crippen LogP) is 8.03. The van der Waals surface area contributed by atoms with Gasteiger partial charge in [-0.25, -0.2) is 15.0 Å². The molecule has 0 amide bonds. The third kappa shape index (κ3) is 4.47. The maximum atomic E-state index is 5.06. The quantitative estimate of drug-likeness (QED) is 0.271. The minimum atomic E-state index is 0.370. The molecule has 1 atom stereocenters. The molecule has 39 heavy (non-hydrogen) atoms. The zero-order valence-electron chi connectivity index (χ0n) is 21.5. The van der Waals surface area contributed by atoms with Crippen LogP contribution < -0.4 is 5.32 Å². The Morgan fingerprint density at radius 3 is 1.85 bits per heavy atom. The predicted molar refractivity (Wildman–Crippen MR) is 160 cm³/mol. The third-order valence-corrected chi connectivity index (χ3v) is 7.28. The normalized spacial score (nSPS) is 18.4. The van der Waals surface area contributed by atoms with Gasteiger partial charge < -0.3 is 5.32 Å². The maximum Gasteiger partial charge on any atom is 0.0900 e. The minimum Gasteiger partial charge on any atom is -0.361 e. The van der Waals surface area contributed by atoms with E-state index in [1.165, 1.54) is 5.57 Å². The van der Waals surface area contributed by atoms with Gasteiger partial charge in [-0.15, -0.1) is 0 Å². The van der Waals surface area contributed by atoms with Gasteiger partial charge in [-0.2, -0.15) is 0 Å². The Labute approximate surface area is 227 Å². The fraction of sp³-hybridized carbons (Fsp3) is 0.0571. The van der Waals surface area contributed by atoms with Crippen molar-refractivity contribution in [3.63, 3.8) is 0 Å². The van der Waals surface area contributed by atoms with Crippen LogP contribution >= 0.6 is 0 Å². The van der Waals surface area contributed by atoms with Crippen molar-refractivity contribution in [1.82, 2.24) is 20.3 Å². The molecule has 1 unspecified atom stereocenters. The first-order chi connectivity index (χ1) is 19.2. The lowest BCUT2D eigenvalue weighted by atomic mass is 9.93. The van der Waals surface area contributed by atoms with Crippen LogP contribution in [0.1, 0.15) is 12.5 Å². The lowest BCUT2D eigenvalue weighted by Crippen LogP contribution is -2.13. The fourth-order valence-corrected chi connectivity index (χ4v) is 5.14. The molecule has 0 saturated heterocycles. The van der Waals surface area contributed by atoms with Gasteiger partial charge in [0.2, 0.25) is 0 Å². The van der Waals surface area contributed by atoms with Gasteiger partial charge in [0.25, 0.3) is 0 Å². The molecule has 4 heterocycles. The molecule has 186 valence electrons. The summed E-state index contributed by atoms with van der Waals surface area (Å²) >= 11 is 0. The zero-order valence-corrected chi connectivity index (χ0v) is 21.5. The highest BCUT2D eigenvalue weighted by Crippen LogP contribution is 2.31. The Hall–Kier alpha value is -5.09. The van der Waals surface area contributed by atoms with Crippen LogP contribution in [0.5, 0.6) is 0 Å². The van der Waals surface area contributed by atoms with Crippen LogP contribution in [0.15, 0.2) is 139 Å². The van der Waals surface area contributed by atoms with E-state index in [-0.39, 0.29) is 0 Å². The van der Waals surface area contributed by atoms with Gasteiger partial charge in [-0.05, 0) is 59.2 Å². The summed E-state index contributed by atoms with van der Waals surface area (Å²) in [6, 6.07) is 28.8. The van der Waals surface area contributed by atoms with E-state index >= 15 is 0 Å². The van der Waals surface area contributed by atoms with Crippen LogP contribution in [0.3, 0.4) is 0 Å². The first-order valence-corrected chi connectivity index (χ1v) is 13.2. The topological polar surface area (TPSA) is 50.7 Å². The van der Waals surface area contributed by atoms with Crippen LogP contribution in [-0.2, 0) is 0 Å². The number of benzene rings is 2. The van der Waals surface area contributed by atoms with Crippen LogP contribution in [0, 0.1) is 5.92 Å². The number of pyridine rings is 3. The van der Waals surface area contributed by atoms with E-state index in [9.17, 15) is 0 Å². The van der Waals surface area contributed by atoms with Gasteiger partial charge in [0.15, 0.2) is 0 Å². The molecule has 7 rings (SSSR count). The second-order valence-electron chi connectivity index (χ2n) is 9.88. The van der Waals surface area contributed by atoms with Crippen LogP contribution in [0.4, 0.5) is 0 Å². The molecular weight excluding hydrogens is 476 g/mol. The first-order valence-electron chi connectivity index (χ1n) is 13.2. The lowest BCUT2D eigenvalue weighted by molar-refractivity contribution is 0.852. The average molecular weight is 503 g/mol. The monoisotopic (exact) mass is 502 g/mol. The average Bonchev–Trinajstić information content (AvgIpc) is 3.01. The van der Waals surface area contributed by atoms with E-state index in [2.05, 4.69) is 91.3 Å². The molecule has 1 aliphatic carbocycles. The van der Waals surface area contributed by atoms with E-state index in [0.29, 0.717) is 5.92 Å². The smallest absolute Gasteiger partial charge is 0.0900 e. The molecule has 2 aliphatic rings. The van der Waals surface area contributed by atoms with Gasteiger partial charge >= 0.3 is 0 Å². The molecule has 1 N–H and O–H groups in total. The summed E-state index contributed by atoms with van der Waals surface area (Å²) in [5, 5.41) is 5.75. The first kappa shape index (κ1) is 23.1. The Balaban J connectivity index is 1.34. The number of hydrogen-bond donors (Lipinski definition) is 1. The van der Waals surface area contributed by atoms with E-state index < -0.39 is 0 Å². The number of hydrogen-bond acceptors (Lipinski definition) is 4. The van der Waals surface area contributed by atoms with Crippen LogP contribution in [0.2, 0.25) is 0 Å². The zero-order chi connectivity index (χ0) is 26.2. The molecule has 0 spiro atoms. The molecule has 4 heteroatoms. The second kappa shape index (κ2) is 9.66. The highest BCUT2D eigenvalue weighted by atomic mass is 14.9. The van der Waals surface area contributed by atoms with Crippen molar-refractivity contribution in [2.75, 3.05) is 0 Å². The van der Waals surface area contributed by atoms with Gasteiger partial charge in [0.05, 0.1) is 33.8 Å². The summed E-state index contributed by atoms with van der Waals surface area (Å²) in [6.07, 6.45) is 15.0. The second-order valence-corrected chi connectivity index (χ2v) is 9.88. The summed E-state index contributed by atoms with van der Waals surface area (Å²) in [4.78, 5) is 14.9. The molecule has 3 aromatic heterocycles. The lowest BCUT2D eigenvalue weighted by Gasteiger charge is -2.19. The Kier molecular flexibility index (Phi) is 5.71. The van der Waals surface area contributed by atoms with Gasteiger partial charge in [-0.3, -0.25) is 0 Å². The minimum absolute atomic E-state index is 0.370. The van der Waals surface area contributed by atoms with Crippen LogP contribution in [0.25, 0.3) is 50.2 Å². The molecule has 0 bridgehead atoms. The molecule has 0 radical (unpaired) electrons. The third-order valence-electron chi connectivity index (χ3n) is 7.28. The van der Waals surface area contributed by atoms with E-state index in [4.69, 9.17) is 15.0 Å². The molecule has 0 fully saturated rings. The van der Waals surface area contributed by atoms with E-state index in [1.807, 2.05) is 48.5 Å². The van der Waals surface area contributed by atoms with Gasteiger partial charge in [-0.1, -0.05) is 85.8 Å². The van der Waals surface area contributed by atoms with Crippen molar-refractivity contribution in [3.05, 3.63) is 144 Å². The number of para-hydroxylation sites is 2. The van der Waals surface area contributed by atoms with Crippen LogP contribution in [-0.4, -0.2) is 15.0 Å². The maximum absolute atomic E-state index is 5.06. The van der Waals surface area contributed by atoms with Crippen molar-refractivity contribution in [2.45, 2.75) is 6.92 Å². The Morgan fingerprint density at radius 1 is 0.615 bits per heavy atom. The number of rotatable bonds is 3. The number of nitrogens with one attached hydrogen (secondary N) is 1. The van der Waals surface area contributed by atoms with E-state index in [0.717, 1.165) is 61.4 Å². The highest BCUT2D eigenvalue weighted by Gasteiger charge is 2.15. The van der Waals surface area contributed by atoms with Gasteiger partial charge in [0.1, 0.15) is 0 Å².